The van der Waals surface area contributed by atoms with E-state index in [1.54, 1.807) is 60.8 Å². The van der Waals surface area contributed by atoms with Crippen LogP contribution in [0.2, 0.25) is 0 Å². The molecule has 0 bridgehead atoms. The Bertz CT molecular complexity index is 1720. The maximum absolute atomic E-state index is 14.9. The van der Waals surface area contributed by atoms with Crippen LogP contribution in [0.25, 0.3) is 11.1 Å². The van der Waals surface area contributed by atoms with Gasteiger partial charge in [0.15, 0.2) is 6.61 Å². The number of methoxy groups -OCH3 is 1. The van der Waals surface area contributed by atoms with Crippen molar-refractivity contribution in [1.82, 2.24) is 4.90 Å². The van der Waals surface area contributed by atoms with E-state index in [0.717, 1.165) is 30.5 Å². The van der Waals surface area contributed by atoms with Crippen LogP contribution >= 0.6 is 0 Å². The van der Waals surface area contributed by atoms with Gasteiger partial charge in [0.25, 0.3) is 5.91 Å². The summed E-state index contributed by atoms with van der Waals surface area (Å²) in [5.41, 5.74) is 1.97. The minimum atomic E-state index is -0.714. The minimum Gasteiger partial charge on any atom is -0.482 e. The summed E-state index contributed by atoms with van der Waals surface area (Å²) in [6, 6.07) is 16.0. The van der Waals surface area contributed by atoms with Crippen molar-refractivity contribution in [2.24, 2.45) is 5.92 Å². The molecule has 0 spiro atoms. The van der Waals surface area contributed by atoms with Crippen molar-refractivity contribution >= 4 is 29.3 Å². The van der Waals surface area contributed by atoms with Crippen molar-refractivity contribution in [3.8, 4) is 16.9 Å². The zero-order valence-electron chi connectivity index (χ0n) is 28.4. The minimum absolute atomic E-state index is 0.0435. The van der Waals surface area contributed by atoms with Crippen molar-refractivity contribution in [2.75, 3.05) is 49.8 Å². The maximum Gasteiger partial charge on any atom is 0.410 e. The number of halogens is 2. The van der Waals surface area contributed by atoms with Gasteiger partial charge in [-0.15, -0.1) is 0 Å². The normalized spacial score (nSPS) is 19.3. The second-order valence-electron chi connectivity index (χ2n) is 13.9. The van der Waals surface area contributed by atoms with E-state index in [-0.39, 0.29) is 42.5 Å². The van der Waals surface area contributed by atoms with E-state index in [2.05, 4.69) is 0 Å². The Morgan fingerprint density at radius 2 is 1.82 bits per heavy atom. The molecule has 2 heterocycles. The molecule has 3 aromatic carbocycles. The Labute approximate surface area is 285 Å². The Balaban J connectivity index is 1.36. The highest BCUT2D eigenvalue weighted by Crippen LogP contribution is 2.43. The molecule has 9 nitrogen and oxygen atoms in total. The molecule has 2 fully saturated rings. The Morgan fingerprint density at radius 1 is 1.02 bits per heavy atom. The molecular weight excluding hydrogens is 632 g/mol. The number of likely N-dealkylation sites (tertiary alicyclic amines) is 1. The van der Waals surface area contributed by atoms with Gasteiger partial charge < -0.3 is 28.9 Å². The lowest BCUT2D eigenvalue weighted by molar-refractivity contribution is -0.124. The van der Waals surface area contributed by atoms with Gasteiger partial charge in [0, 0.05) is 50.6 Å². The number of anilines is 2. The third-order valence-electron chi connectivity index (χ3n) is 9.18. The zero-order valence-corrected chi connectivity index (χ0v) is 28.4. The van der Waals surface area contributed by atoms with Crippen molar-refractivity contribution in [3.63, 3.8) is 0 Å². The smallest absolute Gasteiger partial charge is 0.410 e. The monoisotopic (exact) mass is 675 g/mol. The van der Waals surface area contributed by atoms with Crippen LogP contribution < -0.4 is 14.5 Å². The SMILES string of the molecule is COCCCN1C(=O)COc2ccc(N(C(=O)[C@H]3CN(C(=O)OC(C)(C)C)CC[C@@H]3c3cccc(-c4cc(F)ccc4F)c3)C3CC3)cc21. The molecule has 3 aromatic rings. The number of ether oxygens (including phenoxy) is 3. The summed E-state index contributed by atoms with van der Waals surface area (Å²) < 4.78 is 45.6. The molecule has 2 atom stereocenters. The topological polar surface area (TPSA) is 88.6 Å². The molecule has 49 heavy (non-hydrogen) atoms. The van der Waals surface area contributed by atoms with E-state index in [1.807, 2.05) is 24.3 Å². The number of amides is 3. The van der Waals surface area contributed by atoms with E-state index in [0.29, 0.717) is 55.2 Å². The van der Waals surface area contributed by atoms with Crippen molar-refractivity contribution in [3.05, 3.63) is 77.9 Å². The number of carbonyl (C=O) groups is 3. The molecule has 1 aliphatic carbocycles. The van der Waals surface area contributed by atoms with Crippen LogP contribution in [0.3, 0.4) is 0 Å². The van der Waals surface area contributed by atoms with Crippen molar-refractivity contribution in [2.45, 2.75) is 64.0 Å². The summed E-state index contributed by atoms with van der Waals surface area (Å²) in [5.74, 6) is -1.83. The lowest BCUT2D eigenvalue weighted by Crippen LogP contribution is -2.51. The van der Waals surface area contributed by atoms with Crippen LogP contribution in [0, 0.1) is 17.6 Å². The highest BCUT2D eigenvalue weighted by atomic mass is 19.1. The quantitative estimate of drug-likeness (QED) is 0.229. The van der Waals surface area contributed by atoms with Crippen molar-refractivity contribution < 1.29 is 37.4 Å². The highest BCUT2D eigenvalue weighted by molar-refractivity contribution is 6.01. The first-order valence-corrected chi connectivity index (χ1v) is 16.9. The number of nitrogens with zero attached hydrogens (tertiary/aromatic N) is 3. The fourth-order valence-corrected chi connectivity index (χ4v) is 6.73. The molecule has 1 saturated heterocycles. The van der Waals surface area contributed by atoms with Crippen LogP contribution in [-0.2, 0) is 19.1 Å². The van der Waals surface area contributed by atoms with Gasteiger partial charge in [-0.05, 0) is 99.9 Å². The number of hydrogen-bond donors (Lipinski definition) is 0. The van der Waals surface area contributed by atoms with E-state index < -0.39 is 29.2 Å². The van der Waals surface area contributed by atoms with Crippen LogP contribution in [-0.4, -0.2) is 74.4 Å². The maximum atomic E-state index is 14.9. The van der Waals surface area contributed by atoms with E-state index in [1.165, 1.54) is 6.07 Å². The summed E-state index contributed by atoms with van der Waals surface area (Å²) >= 11 is 0. The number of benzene rings is 3. The molecular formula is C38H43F2N3O6. The molecule has 0 N–H and O–H groups in total. The summed E-state index contributed by atoms with van der Waals surface area (Å²) in [7, 11) is 1.62. The predicted molar refractivity (Wildman–Crippen MR) is 182 cm³/mol. The number of piperidine rings is 1. The van der Waals surface area contributed by atoms with Gasteiger partial charge in [-0.2, -0.15) is 0 Å². The molecule has 6 rings (SSSR count). The lowest BCUT2D eigenvalue weighted by atomic mass is 9.78. The molecule has 3 aliphatic rings. The molecule has 0 unspecified atom stereocenters. The first-order chi connectivity index (χ1) is 23.4. The van der Waals surface area contributed by atoms with Gasteiger partial charge in [0.2, 0.25) is 5.91 Å². The Kier molecular flexibility index (Phi) is 9.92. The van der Waals surface area contributed by atoms with Gasteiger partial charge in [-0.25, -0.2) is 13.6 Å². The van der Waals surface area contributed by atoms with Crippen LogP contribution in [0.5, 0.6) is 5.75 Å². The summed E-state index contributed by atoms with van der Waals surface area (Å²) in [5, 5.41) is 0. The van der Waals surface area contributed by atoms with E-state index in [4.69, 9.17) is 14.2 Å². The number of hydrogen-bond acceptors (Lipinski definition) is 6. The Morgan fingerprint density at radius 3 is 2.55 bits per heavy atom. The fraction of sp³-hybridized carbons (Fsp3) is 0.447. The van der Waals surface area contributed by atoms with Crippen LogP contribution in [0.4, 0.5) is 25.0 Å². The third kappa shape index (κ3) is 7.72. The predicted octanol–water partition coefficient (Wildman–Crippen LogP) is 6.93. The van der Waals surface area contributed by atoms with Crippen LogP contribution in [0.15, 0.2) is 60.7 Å². The van der Waals surface area contributed by atoms with Gasteiger partial charge in [-0.1, -0.05) is 24.3 Å². The van der Waals surface area contributed by atoms with Crippen LogP contribution in [0.1, 0.15) is 57.9 Å². The molecule has 260 valence electrons. The Hall–Kier alpha value is -4.51. The zero-order chi connectivity index (χ0) is 34.9. The first kappa shape index (κ1) is 34.4. The second kappa shape index (κ2) is 14.2. The molecule has 0 radical (unpaired) electrons. The molecule has 0 aromatic heterocycles. The number of carbonyl (C=O) groups excluding carboxylic acids is 3. The van der Waals surface area contributed by atoms with Gasteiger partial charge in [-0.3, -0.25) is 9.59 Å². The molecule has 11 heteroatoms. The summed E-state index contributed by atoms with van der Waals surface area (Å²) in [6.07, 6.45) is 2.24. The van der Waals surface area contributed by atoms with Gasteiger partial charge >= 0.3 is 6.09 Å². The number of fused-ring (bicyclic) bond motifs is 1. The lowest BCUT2D eigenvalue weighted by Gasteiger charge is -2.41. The number of rotatable bonds is 9. The molecule has 1 saturated carbocycles. The second-order valence-corrected chi connectivity index (χ2v) is 13.9. The standard InChI is InChI=1S/C38H43F2N3O6/c1-38(2,3)49-37(46)41-17-15-29(24-7-5-8-25(19-24)30-20-26(39)9-13-32(30)40)31(22-41)36(45)43(27-10-11-27)28-12-14-34-33(21-28)42(16-6-18-47-4)35(44)23-48-34/h5,7-9,12-14,19-21,27,29,31H,6,10-11,15-18,22-23H2,1-4H3/t29-,31+/m1/s1. The fourth-order valence-electron chi connectivity index (χ4n) is 6.73. The van der Waals surface area contributed by atoms with Crippen molar-refractivity contribution in [1.29, 1.82) is 0 Å². The third-order valence-corrected chi connectivity index (χ3v) is 9.18. The average Bonchev–Trinajstić information content (AvgIpc) is 3.91. The molecule has 2 aliphatic heterocycles. The summed E-state index contributed by atoms with van der Waals surface area (Å²) in [6.45, 7) is 6.77. The van der Waals surface area contributed by atoms with Gasteiger partial charge in [0.1, 0.15) is 23.0 Å². The average molecular weight is 676 g/mol. The molecule has 3 amide bonds. The highest BCUT2D eigenvalue weighted by Gasteiger charge is 2.44. The van der Waals surface area contributed by atoms with Gasteiger partial charge in [0.05, 0.1) is 11.6 Å². The van der Waals surface area contributed by atoms with E-state index >= 15 is 0 Å². The first-order valence-electron chi connectivity index (χ1n) is 16.9. The van der Waals surface area contributed by atoms with E-state index in [9.17, 15) is 23.2 Å². The summed E-state index contributed by atoms with van der Waals surface area (Å²) in [4.78, 5) is 46.2. The largest absolute Gasteiger partial charge is 0.482 e.